The number of aromatic nitrogens is 2. The molecule has 164 valence electrons. The van der Waals surface area contributed by atoms with Gasteiger partial charge in [0.25, 0.3) is 0 Å². The monoisotopic (exact) mass is 429 g/mol. The number of rotatable bonds is 6. The summed E-state index contributed by atoms with van der Waals surface area (Å²) in [7, 11) is 7.61. The van der Waals surface area contributed by atoms with E-state index < -0.39 is 0 Å². The maximum Gasteiger partial charge on any atom is 0.340 e. The molecule has 0 saturated carbocycles. The number of aryl methyl sites for hydroxylation is 1. The van der Waals surface area contributed by atoms with Gasteiger partial charge in [0, 0.05) is 55.7 Å². The van der Waals surface area contributed by atoms with Gasteiger partial charge in [-0.3, -0.25) is 4.98 Å². The molecule has 0 aliphatic rings. The van der Waals surface area contributed by atoms with Gasteiger partial charge in [-0.15, -0.1) is 0 Å². The summed E-state index contributed by atoms with van der Waals surface area (Å²) in [6.07, 6.45) is 3.55. The zero-order valence-corrected chi connectivity index (χ0v) is 19.0. The van der Waals surface area contributed by atoms with E-state index >= 15 is 0 Å². The van der Waals surface area contributed by atoms with E-state index in [4.69, 9.17) is 9.47 Å². The number of benzene rings is 2. The number of pyridine rings is 1. The minimum Gasteiger partial charge on any atom is -0.496 e. The molecule has 2 heterocycles. The average molecular weight is 430 g/mol. The van der Waals surface area contributed by atoms with E-state index in [0.717, 1.165) is 39.0 Å². The summed E-state index contributed by atoms with van der Waals surface area (Å²) in [5.74, 6) is 0.331. The number of anilines is 1. The van der Waals surface area contributed by atoms with E-state index in [1.54, 1.807) is 19.5 Å². The van der Waals surface area contributed by atoms with Crippen LogP contribution >= 0.6 is 0 Å². The Bertz CT molecular complexity index is 1260. The van der Waals surface area contributed by atoms with Crippen LogP contribution in [-0.2, 0) is 11.8 Å². The number of hydrogen-bond donors (Lipinski definition) is 0. The minimum absolute atomic E-state index is 0.305. The second-order valence-corrected chi connectivity index (χ2v) is 7.76. The summed E-state index contributed by atoms with van der Waals surface area (Å²) < 4.78 is 13.2. The predicted octanol–water partition coefficient (Wildman–Crippen LogP) is 5.16. The lowest BCUT2D eigenvalue weighted by atomic mass is 10.0. The van der Waals surface area contributed by atoms with E-state index in [1.807, 2.05) is 86.1 Å². The number of methoxy groups -OCH3 is 1. The van der Waals surface area contributed by atoms with Crippen LogP contribution in [0.3, 0.4) is 0 Å². The standard InChI is InChI=1S/C26H27N3O3/c1-6-32-26(30)24-21-15-23(31-5)20(18-8-7-13-27-16-18)14-22(21)29(4)25(24)17-9-11-19(12-10-17)28(2)3/h7-16H,6H2,1-5H3. The number of carbonyl (C=O) groups is 1. The van der Waals surface area contributed by atoms with Gasteiger partial charge in [0.05, 0.1) is 30.5 Å². The third-order valence-corrected chi connectivity index (χ3v) is 5.63. The van der Waals surface area contributed by atoms with E-state index in [-0.39, 0.29) is 5.97 Å². The average Bonchev–Trinajstić information content (AvgIpc) is 3.10. The van der Waals surface area contributed by atoms with Crippen molar-refractivity contribution in [3.05, 3.63) is 66.5 Å². The zero-order chi connectivity index (χ0) is 22.8. The number of esters is 1. The zero-order valence-electron chi connectivity index (χ0n) is 19.0. The third kappa shape index (κ3) is 3.68. The first kappa shape index (κ1) is 21.4. The molecule has 0 fully saturated rings. The van der Waals surface area contributed by atoms with Crippen LogP contribution in [-0.4, -0.2) is 43.3 Å². The van der Waals surface area contributed by atoms with Crippen LogP contribution in [0.1, 0.15) is 17.3 Å². The molecule has 4 aromatic rings. The van der Waals surface area contributed by atoms with Crippen molar-refractivity contribution in [1.29, 1.82) is 0 Å². The van der Waals surface area contributed by atoms with Gasteiger partial charge in [-0.25, -0.2) is 4.79 Å². The van der Waals surface area contributed by atoms with Crippen molar-refractivity contribution >= 4 is 22.6 Å². The molecule has 0 bridgehead atoms. The number of carbonyl (C=O) groups excluding carboxylic acids is 1. The molecule has 0 spiro atoms. The Balaban J connectivity index is 2.01. The lowest BCUT2D eigenvalue weighted by molar-refractivity contribution is 0.0529. The van der Waals surface area contributed by atoms with Crippen molar-refractivity contribution in [3.8, 4) is 28.1 Å². The first-order valence-corrected chi connectivity index (χ1v) is 10.5. The molecule has 6 nitrogen and oxygen atoms in total. The number of hydrogen-bond acceptors (Lipinski definition) is 5. The molecule has 0 aliphatic heterocycles. The predicted molar refractivity (Wildman–Crippen MR) is 128 cm³/mol. The smallest absolute Gasteiger partial charge is 0.340 e. The first-order chi connectivity index (χ1) is 15.5. The molecular formula is C26H27N3O3. The highest BCUT2D eigenvalue weighted by molar-refractivity contribution is 6.12. The van der Waals surface area contributed by atoms with Crippen molar-refractivity contribution in [1.82, 2.24) is 9.55 Å². The molecule has 0 N–H and O–H groups in total. The Kier molecular flexibility index (Phi) is 5.86. The highest BCUT2D eigenvalue weighted by atomic mass is 16.5. The molecule has 2 aromatic heterocycles. The van der Waals surface area contributed by atoms with Gasteiger partial charge in [-0.05, 0) is 42.8 Å². The van der Waals surface area contributed by atoms with Gasteiger partial charge in [0.1, 0.15) is 5.75 Å². The van der Waals surface area contributed by atoms with Crippen molar-refractivity contribution in [3.63, 3.8) is 0 Å². The summed E-state index contributed by atoms with van der Waals surface area (Å²) in [4.78, 5) is 19.4. The van der Waals surface area contributed by atoms with Crippen LogP contribution in [0.4, 0.5) is 5.69 Å². The van der Waals surface area contributed by atoms with Crippen molar-refractivity contribution < 1.29 is 14.3 Å². The van der Waals surface area contributed by atoms with Crippen molar-refractivity contribution in [2.45, 2.75) is 6.92 Å². The highest BCUT2D eigenvalue weighted by Gasteiger charge is 2.25. The van der Waals surface area contributed by atoms with E-state index in [2.05, 4.69) is 4.98 Å². The van der Waals surface area contributed by atoms with Gasteiger partial charge in [0.15, 0.2) is 0 Å². The molecule has 0 amide bonds. The summed E-state index contributed by atoms with van der Waals surface area (Å²) in [6.45, 7) is 2.12. The molecule has 0 atom stereocenters. The summed E-state index contributed by atoms with van der Waals surface area (Å²) in [5, 5.41) is 0.794. The van der Waals surface area contributed by atoms with Crippen LogP contribution in [0.2, 0.25) is 0 Å². The molecule has 0 unspecified atom stereocenters. The Morgan fingerprint density at radius 3 is 2.44 bits per heavy atom. The van der Waals surface area contributed by atoms with Gasteiger partial charge in [-0.2, -0.15) is 0 Å². The number of fused-ring (bicyclic) bond motifs is 1. The van der Waals surface area contributed by atoms with Crippen LogP contribution in [0.15, 0.2) is 60.9 Å². The normalized spacial score (nSPS) is 10.9. The van der Waals surface area contributed by atoms with Crippen molar-refractivity contribution in [2.24, 2.45) is 7.05 Å². The molecular weight excluding hydrogens is 402 g/mol. The Hall–Kier alpha value is -3.80. The molecule has 4 rings (SSSR count). The van der Waals surface area contributed by atoms with Gasteiger partial charge in [-0.1, -0.05) is 18.2 Å². The summed E-state index contributed by atoms with van der Waals surface area (Å²) >= 11 is 0. The fraction of sp³-hybridized carbons (Fsp3) is 0.231. The molecule has 0 saturated heterocycles. The summed E-state index contributed by atoms with van der Waals surface area (Å²) in [5.41, 5.74) is 6.16. The lowest BCUT2D eigenvalue weighted by Gasteiger charge is -2.14. The van der Waals surface area contributed by atoms with E-state index in [1.165, 1.54) is 0 Å². The Morgan fingerprint density at radius 2 is 1.84 bits per heavy atom. The largest absolute Gasteiger partial charge is 0.496 e. The minimum atomic E-state index is -0.346. The van der Waals surface area contributed by atoms with Crippen LogP contribution < -0.4 is 9.64 Å². The van der Waals surface area contributed by atoms with Crippen LogP contribution in [0.25, 0.3) is 33.3 Å². The fourth-order valence-electron chi connectivity index (χ4n) is 4.04. The molecule has 6 heteroatoms. The first-order valence-electron chi connectivity index (χ1n) is 10.5. The number of nitrogens with zero attached hydrogens (tertiary/aromatic N) is 3. The third-order valence-electron chi connectivity index (χ3n) is 5.63. The second-order valence-electron chi connectivity index (χ2n) is 7.76. The summed E-state index contributed by atoms with van der Waals surface area (Å²) in [6, 6.07) is 16.0. The Morgan fingerprint density at radius 1 is 1.09 bits per heavy atom. The molecule has 0 radical (unpaired) electrons. The van der Waals surface area contributed by atoms with E-state index in [0.29, 0.717) is 17.9 Å². The SMILES string of the molecule is CCOC(=O)c1c(-c2ccc(N(C)C)cc2)n(C)c2cc(-c3cccnc3)c(OC)cc12. The lowest BCUT2D eigenvalue weighted by Crippen LogP contribution is -2.09. The highest BCUT2D eigenvalue weighted by Crippen LogP contribution is 2.40. The maximum atomic E-state index is 13.1. The Labute approximate surface area is 188 Å². The van der Waals surface area contributed by atoms with Crippen LogP contribution in [0.5, 0.6) is 5.75 Å². The van der Waals surface area contributed by atoms with Gasteiger partial charge < -0.3 is 18.9 Å². The molecule has 2 aromatic carbocycles. The second kappa shape index (κ2) is 8.75. The quantitative estimate of drug-likeness (QED) is 0.396. The van der Waals surface area contributed by atoms with Gasteiger partial charge >= 0.3 is 5.97 Å². The maximum absolute atomic E-state index is 13.1. The fourth-order valence-corrected chi connectivity index (χ4v) is 4.04. The van der Waals surface area contributed by atoms with E-state index in [9.17, 15) is 4.79 Å². The van der Waals surface area contributed by atoms with Crippen LogP contribution in [0, 0.1) is 0 Å². The number of ether oxygens (including phenoxy) is 2. The molecule has 0 aliphatic carbocycles. The topological polar surface area (TPSA) is 56.6 Å². The van der Waals surface area contributed by atoms with Crippen molar-refractivity contribution in [2.75, 3.05) is 32.7 Å². The van der Waals surface area contributed by atoms with Gasteiger partial charge in [0.2, 0.25) is 0 Å². The molecule has 32 heavy (non-hydrogen) atoms.